The van der Waals surface area contributed by atoms with Crippen molar-refractivity contribution in [2.75, 3.05) is 13.1 Å². The van der Waals surface area contributed by atoms with E-state index < -0.39 is 6.10 Å². The molecule has 6 nitrogen and oxygen atoms in total. The summed E-state index contributed by atoms with van der Waals surface area (Å²) >= 11 is 0. The zero-order valence-electron chi connectivity index (χ0n) is 16.4. The topological polar surface area (TPSA) is 82.7 Å². The van der Waals surface area contributed by atoms with Gasteiger partial charge < -0.3 is 20.3 Å². The second-order valence-corrected chi connectivity index (χ2v) is 6.39. The minimum absolute atomic E-state index is 0. The molecular weight excluding hydrogens is 479 g/mol. The smallest absolute Gasteiger partial charge is 0.191 e. The lowest BCUT2D eigenvalue weighted by atomic mass is 10.1. The largest absolute Gasteiger partial charge is 0.388 e. The molecule has 0 saturated carbocycles. The number of nitrogens with zero attached hydrogens (tertiary/aromatic N) is 2. The molecule has 0 saturated heterocycles. The Balaban J connectivity index is 0.00000300. The summed E-state index contributed by atoms with van der Waals surface area (Å²) in [5.74, 6) is 1.42. The van der Waals surface area contributed by atoms with Crippen molar-refractivity contribution in [3.63, 3.8) is 0 Å². The van der Waals surface area contributed by atoms with Crippen LogP contribution in [0, 0.1) is 0 Å². The lowest BCUT2D eigenvalue weighted by Crippen LogP contribution is -2.38. The molecule has 0 fully saturated rings. The third kappa shape index (κ3) is 7.17. The second kappa shape index (κ2) is 12.2. The number of aliphatic hydroxyl groups is 1. The first kappa shape index (κ1) is 22.9. The van der Waals surface area contributed by atoms with E-state index in [4.69, 9.17) is 4.52 Å². The zero-order valence-corrected chi connectivity index (χ0v) is 18.7. The Hall–Kier alpha value is -2.39. The maximum absolute atomic E-state index is 10.3. The van der Waals surface area contributed by atoms with E-state index >= 15 is 0 Å². The summed E-state index contributed by atoms with van der Waals surface area (Å²) in [5.41, 5.74) is 2.67. The Morgan fingerprint density at radius 3 is 2.45 bits per heavy atom. The van der Waals surface area contributed by atoms with Gasteiger partial charge in [0.15, 0.2) is 11.7 Å². The summed E-state index contributed by atoms with van der Waals surface area (Å²) in [6.45, 7) is 3.78. The molecule has 1 heterocycles. The fourth-order valence-electron chi connectivity index (χ4n) is 2.80. The summed E-state index contributed by atoms with van der Waals surface area (Å²) in [6, 6.07) is 21.4. The summed E-state index contributed by atoms with van der Waals surface area (Å²) in [5, 5.41) is 20.8. The third-order valence-electron chi connectivity index (χ3n) is 4.26. The summed E-state index contributed by atoms with van der Waals surface area (Å²) in [6.07, 6.45) is 0.0943. The van der Waals surface area contributed by atoms with Crippen LogP contribution in [0.2, 0.25) is 0 Å². The fourth-order valence-corrected chi connectivity index (χ4v) is 2.80. The molecule has 3 aromatic rings. The van der Waals surface area contributed by atoms with Gasteiger partial charge in [-0.25, -0.2) is 4.99 Å². The number of aromatic nitrogens is 1. The summed E-state index contributed by atoms with van der Waals surface area (Å²) in [4.78, 5) is 4.55. The Labute approximate surface area is 188 Å². The van der Waals surface area contributed by atoms with Crippen LogP contribution < -0.4 is 10.6 Å². The van der Waals surface area contributed by atoms with Crippen molar-refractivity contribution in [3.8, 4) is 11.3 Å². The van der Waals surface area contributed by atoms with E-state index in [0.717, 1.165) is 29.1 Å². The first-order chi connectivity index (χ1) is 13.8. The van der Waals surface area contributed by atoms with E-state index in [1.54, 1.807) is 0 Å². The lowest BCUT2D eigenvalue weighted by molar-refractivity contribution is 0.168. The van der Waals surface area contributed by atoms with Crippen LogP contribution in [0.15, 0.2) is 76.2 Å². The Bertz CT molecular complexity index is 869. The van der Waals surface area contributed by atoms with Crippen LogP contribution in [0.4, 0.5) is 0 Å². The van der Waals surface area contributed by atoms with Gasteiger partial charge in [0, 0.05) is 24.7 Å². The molecule has 1 aromatic heterocycles. The molecule has 0 amide bonds. The average Bonchev–Trinajstić information content (AvgIpc) is 3.22. The summed E-state index contributed by atoms with van der Waals surface area (Å²) in [7, 11) is 0. The van der Waals surface area contributed by atoms with Crippen LogP contribution in [0.3, 0.4) is 0 Å². The van der Waals surface area contributed by atoms with Gasteiger partial charge in [0.25, 0.3) is 0 Å². The van der Waals surface area contributed by atoms with Gasteiger partial charge in [-0.15, -0.1) is 24.0 Å². The quantitative estimate of drug-likeness (QED) is 0.243. The number of rotatable bonds is 8. The minimum atomic E-state index is -0.499. The molecule has 1 atom stereocenters. The zero-order chi connectivity index (χ0) is 19.6. The first-order valence-electron chi connectivity index (χ1n) is 9.52. The maximum Gasteiger partial charge on any atom is 0.191 e. The molecule has 0 aliphatic carbocycles. The molecule has 154 valence electrons. The van der Waals surface area contributed by atoms with Gasteiger partial charge in [-0.3, -0.25) is 0 Å². The molecule has 0 spiro atoms. The van der Waals surface area contributed by atoms with Crippen LogP contribution in [-0.2, 0) is 6.54 Å². The highest BCUT2D eigenvalue weighted by Gasteiger charge is 2.08. The molecule has 7 heteroatoms. The van der Waals surface area contributed by atoms with Gasteiger partial charge >= 0.3 is 0 Å². The summed E-state index contributed by atoms with van der Waals surface area (Å²) < 4.78 is 5.41. The van der Waals surface area contributed by atoms with Gasteiger partial charge in [-0.05, 0) is 18.9 Å². The normalized spacial score (nSPS) is 12.1. The number of hydrogen-bond acceptors (Lipinski definition) is 4. The third-order valence-corrected chi connectivity index (χ3v) is 4.26. The first-order valence-corrected chi connectivity index (χ1v) is 9.52. The van der Waals surface area contributed by atoms with Crippen LogP contribution >= 0.6 is 24.0 Å². The molecule has 0 aliphatic heterocycles. The molecular formula is C22H27IN4O2. The van der Waals surface area contributed by atoms with Gasteiger partial charge in [-0.2, -0.15) is 0 Å². The van der Waals surface area contributed by atoms with Crippen LogP contribution in [-0.4, -0.2) is 29.3 Å². The molecule has 3 rings (SSSR count). The van der Waals surface area contributed by atoms with Gasteiger partial charge in [0.1, 0.15) is 5.69 Å². The maximum atomic E-state index is 10.3. The van der Waals surface area contributed by atoms with Crippen LogP contribution in [0.5, 0.6) is 0 Å². The number of nitrogens with one attached hydrogen (secondary N) is 2. The van der Waals surface area contributed by atoms with Crippen molar-refractivity contribution in [1.82, 2.24) is 15.8 Å². The van der Waals surface area contributed by atoms with Crippen molar-refractivity contribution in [2.24, 2.45) is 4.99 Å². The van der Waals surface area contributed by atoms with E-state index in [0.29, 0.717) is 25.5 Å². The van der Waals surface area contributed by atoms with Crippen LogP contribution in [0.25, 0.3) is 11.3 Å². The van der Waals surface area contributed by atoms with Gasteiger partial charge in [0.05, 0.1) is 12.6 Å². The van der Waals surface area contributed by atoms with E-state index in [1.165, 1.54) is 0 Å². The van der Waals surface area contributed by atoms with Crippen LogP contribution in [0.1, 0.15) is 30.7 Å². The minimum Gasteiger partial charge on any atom is -0.388 e. The van der Waals surface area contributed by atoms with E-state index in [9.17, 15) is 5.11 Å². The number of hydrogen-bond donors (Lipinski definition) is 3. The predicted molar refractivity (Wildman–Crippen MR) is 126 cm³/mol. The molecule has 29 heavy (non-hydrogen) atoms. The monoisotopic (exact) mass is 506 g/mol. The number of guanidine groups is 1. The Morgan fingerprint density at radius 2 is 1.76 bits per heavy atom. The lowest BCUT2D eigenvalue weighted by Gasteiger charge is -2.14. The standard InChI is InChI=1S/C22H26N4O2.HI/c1-2-23-22(24-14-13-20(27)17-9-5-3-6-10-17)25-16-19-15-21(28-26-19)18-11-7-4-8-12-18;/h3-12,15,20,27H,2,13-14,16H2,1H3,(H2,23,24,25);1H. The molecule has 1 unspecified atom stereocenters. The van der Waals surface area contributed by atoms with E-state index in [-0.39, 0.29) is 24.0 Å². The number of halogens is 1. The van der Waals surface area contributed by atoms with Crippen molar-refractivity contribution >= 4 is 29.9 Å². The molecule has 0 aliphatic rings. The van der Waals surface area contributed by atoms with Crippen molar-refractivity contribution in [2.45, 2.75) is 26.0 Å². The Morgan fingerprint density at radius 1 is 1.07 bits per heavy atom. The molecule has 0 radical (unpaired) electrons. The Kier molecular flexibility index (Phi) is 9.66. The van der Waals surface area contributed by atoms with E-state index in [2.05, 4.69) is 20.8 Å². The average molecular weight is 506 g/mol. The number of benzene rings is 2. The van der Waals surface area contributed by atoms with Crippen molar-refractivity contribution in [3.05, 3.63) is 78.0 Å². The predicted octanol–water partition coefficient (Wildman–Crippen LogP) is 4.14. The van der Waals surface area contributed by atoms with Crippen molar-refractivity contribution < 1.29 is 9.63 Å². The molecule has 0 bridgehead atoms. The number of aliphatic hydroxyl groups excluding tert-OH is 1. The highest BCUT2D eigenvalue weighted by atomic mass is 127. The van der Waals surface area contributed by atoms with Gasteiger partial charge in [0.2, 0.25) is 0 Å². The van der Waals surface area contributed by atoms with E-state index in [1.807, 2.05) is 73.7 Å². The SMILES string of the molecule is CCNC(=NCc1cc(-c2ccccc2)on1)NCCC(O)c1ccccc1.I. The highest BCUT2D eigenvalue weighted by Crippen LogP contribution is 2.20. The van der Waals surface area contributed by atoms with Gasteiger partial charge in [-0.1, -0.05) is 65.8 Å². The van der Waals surface area contributed by atoms with Crippen molar-refractivity contribution in [1.29, 1.82) is 0 Å². The molecule has 2 aromatic carbocycles. The fraction of sp³-hybridized carbons (Fsp3) is 0.273. The number of aliphatic imine (C=N–C) groups is 1. The second-order valence-electron chi connectivity index (χ2n) is 6.39. The molecule has 3 N–H and O–H groups in total. The highest BCUT2D eigenvalue weighted by molar-refractivity contribution is 14.0.